The van der Waals surface area contributed by atoms with Crippen LogP contribution in [0.1, 0.15) is 26.3 Å². The minimum Gasteiger partial charge on any atom is -0.458 e. The van der Waals surface area contributed by atoms with Gasteiger partial charge in [0.25, 0.3) is 13.4 Å². The van der Waals surface area contributed by atoms with Crippen molar-refractivity contribution in [1.29, 1.82) is 0 Å². The van der Waals surface area contributed by atoms with Gasteiger partial charge in [0.1, 0.15) is 11.5 Å². The lowest BCUT2D eigenvalue weighted by molar-refractivity contribution is 0.486. The van der Waals surface area contributed by atoms with Gasteiger partial charge in [-0.3, -0.25) is 0 Å². The van der Waals surface area contributed by atoms with Crippen molar-refractivity contribution in [2.24, 2.45) is 0 Å². The van der Waals surface area contributed by atoms with Crippen LogP contribution in [0.4, 0.5) is 68.2 Å². The molecule has 0 saturated heterocycles. The fraction of sp³-hybridized carbons (Fsp3) is 0.0455. The first-order valence-electron chi connectivity index (χ1n) is 33.2. The number of anilines is 12. The molecule has 14 aromatic carbocycles. The quantitative estimate of drug-likeness (QED) is 0.120. The van der Waals surface area contributed by atoms with Crippen LogP contribution in [-0.4, -0.2) is 13.4 Å². The van der Waals surface area contributed by atoms with E-state index in [1.807, 2.05) is 11.8 Å². The van der Waals surface area contributed by atoms with Gasteiger partial charge in [-0.2, -0.15) is 0 Å². The van der Waals surface area contributed by atoms with Crippen molar-refractivity contribution in [2.75, 3.05) is 19.6 Å². The van der Waals surface area contributed by atoms with Gasteiger partial charge in [-0.15, -0.1) is 0 Å². The van der Waals surface area contributed by atoms with Gasteiger partial charge in [-0.25, -0.2) is 0 Å². The molecule has 0 aromatic heterocycles. The van der Waals surface area contributed by atoms with Crippen molar-refractivity contribution >= 4 is 126 Å². The Morgan fingerprint density at radius 3 is 1.51 bits per heavy atom. The Bertz CT molecular complexity index is 5260. The van der Waals surface area contributed by atoms with Gasteiger partial charge in [0, 0.05) is 72.5 Å². The highest BCUT2D eigenvalue weighted by Gasteiger charge is 2.47. The summed E-state index contributed by atoms with van der Waals surface area (Å²) in [4.78, 5) is 12.4. The Morgan fingerprint density at radius 1 is 0.312 bits per heavy atom. The maximum absolute atomic E-state index is 7.18. The van der Waals surface area contributed by atoms with Crippen LogP contribution in [0, 0.1) is 0 Å². The van der Waals surface area contributed by atoms with Gasteiger partial charge in [0.2, 0.25) is 0 Å². The molecule has 0 radical (unpaired) electrons. The molecule has 4 heterocycles. The average Bonchev–Trinajstić information content (AvgIpc) is 0.689. The van der Waals surface area contributed by atoms with E-state index in [-0.39, 0.29) is 18.8 Å². The van der Waals surface area contributed by atoms with Crippen LogP contribution in [0.5, 0.6) is 11.5 Å². The number of benzene rings is 14. The number of nitrogens with zero attached hydrogens (tertiary/aromatic N) is 4. The van der Waals surface area contributed by atoms with Crippen LogP contribution in [-0.2, 0) is 5.41 Å². The SMILES string of the molecule is CC(C)(C)c1ccc(-c2ccccc2N2c3cc4c(cc3B3c5ccccc5N(c5ccccc5)c5cc(N(c6ccc(-c7ccccc7)cc6)c6ccccc6-c6ccccc6)cc2c53)B2c3ccccc3Oc3cc(N(c5ccccc5)c5ccccc5)cc(c32)S4)cc1. The summed E-state index contributed by atoms with van der Waals surface area (Å²) in [6, 6.07) is 123. The predicted octanol–water partition coefficient (Wildman–Crippen LogP) is 20.1. The third-order valence-corrected chi connectivity index (χ3v) is 20.8. The zero-order chi connectivity index (χ0) is 64.0. The second kappa shape index (κ2) is 23.2. The molecule has 4 aliphatic heterocycles. The Morgan fingerprint density at radius 2 is 0.823 bits per heavy atom. The van der Waals surface area contributed by atoms with Gasteiger partial charge < -0.3 is 24.3 Å². The third-order valence-electron chi connectivity index (χ3n) is 19.7. The highest BCUT2D eigenvalue weighted by molar-refractivity contribution is 8.00. The van der Waals surface area contributed by atoms with Crippen LogP contribution in [0.15, 0.2) is 343 Å². The monoisotopic (exact) mass is 1250 g/mol. The van der Waals surface area contributed by atoms with Crippen LogP contribution in [0.25, 0.3) is 33.4 Å². The molecule has 0 bridgehead atoms. The Hall–Kier alpha value is -11.4. The minimum atomic E-state index is -0.182. The van der Waals surface area contributed by atoms with E-state index in [1.165, 1.54) is 48.2 Å². The van der Waals surface area contributed by atoms with Crippen LogP contribution in [0.2, 0.25) is 0 Å². The van der Waals surface area contributed by atoms with Crippen LogP contribution < -0.4 is 57.1 Å². The van der Waals surface area contributed by atoms with Crippen molar-refractivity contribution in [3.63, 3.8) is 0 Å². The highest BCUT2D eigenvalue weighted by Crippen LogP contribution is 2.53. The number of ether oxygens (including phenoxy) is 1. The molecule has 0 fully saturated rings. The van der Waals surface area contributed by atoms with Gasteiger partial charge in [-0.1, -0.05) is 269 Å². The molecule has 96 heavy (non-hydrogen) atoms. The van der Waals surface area contributed by atoms with E-state index in [2.05, 4.69) is 374 Å². The van der Waals surface area contributed by atoms with E-state index in [0.717, 1.165) is 113 Å². The molecule has 5 nitrogen and oxygen atoms in total. The summed E-state index contributed by atoms with van der Waals surface area (Å²) >= 11 is 1.86. The summed E-state index contributed by atoms with van der Waals surface area (Å²) in [6.07, 6.45) is 0. The van der Waals surface area contributed by atoms with Crippen molar-refractivity contribution in [3.8, 4) is 44.9 Å². The zero-order valence-electron chi connectivity index (χ0n) is 53.5. The lowest BCUT2D eigenvalue weighted by Gasteiger charge is -2.46. The van der Waals surface area contributed by atoms with E-state index >= 15 is 0 Å². The third kappa shape index (κ3) is 9.65. The van der Waals surface area contributed by atoms with Crippen molar-refractivity contribution in [1.82, 2.24) is 0 Å². The summed E-state index contributed by atoms with van der Waals surface area (Å²) in [7, 11) is 0. The lowest BCUT2D eigenvalue weighted by Crippen LogP contribution is -2.64. The standard InChI is InChI=1S/C88H64B2N4OS/c1-88(2,3)63-49-45-62(46-50-63)71-38-20-24-42-77(71)94-79-58-84-75(90-73-40-22-26-44-82(73)95-83-55-69(56-85(96-84)87(83)90)91(64-31-13-6-14-32-64)65-33-15-7-16-34-65)57-74(79)89-72-39-21-25-43-78(72)93(66-35-17-8-18-36-66)80-53-68(54-81(94)86(80)89)92(67-51-47-60(48-52-67)59-27-9-4-10-28-59)76-41-23-19-37-70(76)61-29-11-5-12-30-61/h4-58H,1-3H3. The molecule has 18 rings (SSSR count). The van der Waals surface area contributed by atoms with Gasteiger partial charge >= 0.3 is 0 Å². The first-order valence-corrected chi connectivity index (χ1v) is 34.0. The summed E-state index contributed by atoms with van der Waals surface area (Å²) in [5, 5.41) is 0. The molecule has 454 valence electrons. The van der Waals surface area contributed by atoms with Gasteiger partial charge in [-0.05, 0) is 158 Å². The molecule has 0 N–H and O–H groups in total. The van der Waals surface area contributed by atoms with Crippen molar-refractivity contribution in [2.45, 2.75) is 36.0 Å². The maximum atomic E-state index is 7.18. The Kier molecular flexibility index (Phi) is 13.9. The Balaban J connectivity index is 0.931. The average molecular weight is 1250 g/mol. The van der Waals surface area contributed by atoms with E-state index in [0.29, 0.717) is 0 Å². The van der Waals surface area contributed by atoms with Crippen LogP contribution in [0.3, 0.4) is 0 Å². The summed E-state index contributed by atoms with van der Waals surface area (Å²) in [5.41, 5.74) is 28.6. The largest absolute Gasteiger partial charge is 0.458 e. The number of para-hydroxylation sites is 7. The maximum Gasteiger partial charge on any atom is 0.253 e. The minimum absolute atomic E-state index is 0.0184. The van der Waals surface area contributed by atoms with E-state index < -0.39 is 0 Å². The molecule has 0 aliphatic carbocycles. The van der Waals surface area contributed by atoms with E-state index in [4.69, 9.17) is 4.74 Å². The summed E-state index contributed by atoms with van der Waals surface area (Å²) in [5.74, 6) is 1.75. The summed E-state index contributed by atoms with van der Waals surface area (Å²) in [6.45, 7) is 6.59. The smallest absolute Gasteiger partial charge is 0.253 e. The number of hydrogen-bond donors (Lipinski definition) is 0. The molecular weight excluding hydrogens is 1180 g/mol. The zero-order valence-corrected chi connectivity index (χ0v) is 54.3. The van der Waals surface area contributed by atoms with Crippen molar-refractivity contribution < 1.29 is 4.74 Å². The van der Waals surface area contributed by atoms with Gasteiger partial charge in [0.15, 0.2) is 0 Å². The molecule has 14 aromatic rings. The first-order chi connectivity index (χ1) is 47.3. The van der Waals surface area contributed by atoms with Gasteiger partial charge in [0.05, 0.1) is 22.7 Å². The highest BCUT2D eigenvalue weighted by atomic mass is 32.2. The Labute approximate surface area is 567 Å². The second-order valence-electron chi connectivity index (χ2n) is 26.4. The van der Waals surface area contributed by atoms with E-state index in [1.54, 1.807) is 0 Å². The second-order valence-corrected chi connectivity index (χ2v) is 27.4. The first kappa shape index (κ1) is 57.2. The molecule has 0 unspecified atom stereocenters. The van der Waals surface area contributed by atoms with E-state index in [9.17, 15) is 0 Å². The molecule has 0 saturated carbocycles. The number of rotatable bonds is 11. The lowest BCUT2D eigenvalue weighted by atomic mass is 9.31. The number of hydrogen-bond acceptors (Lipinski definition) is 6. The summed E-state index contributed by atoms with van der Waals surface area (Å²) < 4.78 is 7.18. The molecule has 0 spiro atoms. The predicted molar refractivity (Wildman–Crippen MR) is 407 cm³/mol. The molecule has 4 aliphatic rings. The molecule has 8 heteroatoms. The van der Waals surface area contributed by atoms with Crippen molar-refractivity contribution in [3.05, 3.63) is 339 Å². The molecular formula is C88H64B2N4OS. The topological polar surface area (TPSA) is 22.2 Å². The normalized spacial score (nSPS) is 12.9. The fourth-order valence-corrected chi connectivity index (χ4v) is 16.5. The number of fused-ring (bicyclic) bond motifs is 8. The molecule has 0 atom stereocenters. The van der Waals surface area contributed by atoms with Crippen LogP contribution >= 0.6 is 11.8 Å². The fourth-order valence-electron chi connectivity index (χ4n) is 15.3. The molecule has 0 amide bonds.